The number of carbonyl (C=O) groups excluding carboxylic acids is 2. The molecule has 0 saturated heterocycles. The minimum atomic E-state index is -4.12. The van der Waals surface area contributed by atoms with Crippen molar-refractivity contribution < 1.29 is 18.0 Å². The number of likely N-dealkylation sites (N-methyl/N-ethyl adjacent to an activating group) is 1. The molecule has 0 aromatic heterocycles. The average molecular weight is 584 g/mol. The van der Waals surface area contributed by atoms with Crippen LogP contribution < -0.4 is 9.62 Å². The maximum absolute atomic E-state index is 14.3. The second kappa shape index (κ2) is 13.5. The molecule has 0 radical (unpaired) electrons. The third kappa shape index (κ3) is 7.25. The van der Waals surface area contributed by atoms with Gasteiger partial charge in [-0.2, -0.15) is 0 Å². The molecule has 0 saturated carbocycles. The topological polar surface area (TPSA) is 86.8 Å². The van der Waals surface area contributed by atoms with Crippen molar-refractivity contribution in [2.75, 3.05) is 17.9 Å². The Morgan fingerprint density at radius 3 is 2.02 bits per heavy atom. The molecule has 4 aromatic rings. The molecule has 0 bridgehead atoms. The van der Waals surface area contributed by atoms with Crippen molar-refractivity contribution in [2.24, 2.45) is 0 Å². The summed E-state index contributed by atoms with van der Waals surface area (Å²) >= 11 is 0. The van der Waals surface area contributed by atoms with Crippen molar-refractivity contribution in [3.05, 3.63) is 131 Å². The van der Waals surface area contributed by atoms with Crippen LogP contribution in [0.5, 0.6) is 0 Å². The fraction of sp³-hybridized carbons (Fsp3) is 0.235. The van der Waals surface area contributed by atoms with Gasteiger partial charge in [0.1, 0.15) is 12.6 Å². The Morgan fingerprint density at radius 2 is 1.40 bits per heavy atom. The monoisotopic (exact) mass is 583 g/mol. The van der Waals surface area contributed by atoms with Crippen molar-refractivity contribution in [3.63, 3.8) is 0 Å². The standard InChI is InChI=1S/C34H37N3O4S/c1-25-12-11-15-29(20-25)23-36(32(34(39)35-4)22-28-13-7-5-8-14-28)33(38)24-37(30-19-18-26(2)27(3)21-30)42(40,41)31-16-9-6-10-17-31/h5-21,32H,22-24H2,1-4H3,(H,35,39). The second-order valence-corrected chi connectivity index (χ2v) is 12.3. The molecule has 218 valence electrons. The number of carbonyl (C=O) groups is 2. The lowest BCUT2D eigenvalue weighted by atomic mass is 10.0. The third-order valence-corrected chi connectivity index (χ3v) is 9.13. The van der Waals surface area contributed by atoms with Gasteiger partial charge in [-0.15, -0.1) is 0 Å². The zero-order valence-electron chi connectivity index (χ0n) is 24.4. The van der Waals surface area contributed by atoms with Gasteiger partial charge in [0.05, 0.1) is 10.6 Å². The summed E-state index contributed by atoms with van der Waals surface area (Å²) in [6, 6.07) is 29.7. The van der Waals surface area contributed by atoms with E-state index in [2.05, 4.69) is 5.32 Å². The van der Waals surface area contributed by atoms with Gasteiger partial charge >= 0.3 is 0 Å². The summed E-state index contributed by atoms with van der Waals surface area (Å²) in [5.74, 6) is -0.817. The van der Waals surface area contributed by atoms with Gasteiger partial charge in [-0.25, -0.2) is 8.42 Å². The highest BCUT2D eigenvalue weighted by atomic mass is 32.2. The highest BCUT2D eigenvalue weighted by Gasteiger charge is 2.34. The minimum Gasteiger partial charge on any atom is -0.357 e. The zero-order chi connectivity index (χ0) is 30.3. The van der Waals surface area contributed by atoms with E-state index in [9.17, 15) is 18.0 Å². The Hall–Kier alpha value is -4.43. The summed E-state index contributed by atoms with van der Waals surface area (Å²) in [4.78, 5) is 29.2. The molecular weight excluding hydrogens is 546 g/mol. The smallest absolute Gasteiger partial charge is 0.264 e. The molecule has 0 heterocycles. The third-order valence-electron chi connectivity index (χ3n) is 7.34. The first-order valence-electron chi connectivity index (χ1n) is 13.9. The number of hydrogen-bond acceptors (Lipinski definition) is 4. The van der Waals surface area contributed by atoms with Gasteiger partial charge in [-0.3, -0.25) is 13.9 Å². The molecule has 8 heteroatoms. The summed E-state index contributed by atoms with van der Waals surface area (Å²) in [5.41, 5.74) is 5.03. The molecule has 42 heavy (non-hydrogen) atoms. The molecule has 0 aliphatic carbocycles. The van der Waals surface area contributed by atoms with E-state index in [0.717, 1.165) is 32.1 Å². The predicted octanol–water partition coefficient (Wildman–Crippen LogP) is 5.19. The van der Waals surface area contributed by atoms with Gasteiger partial charge in [0.15, 0.2) is 0 Å². The first-order chi connectivity index (χ1) is 20.1. The molecule has 4 rings (SSSR count). The van der Waals surface area contributed by atoms with Crippen molar-refractivity contribution in [2.45, 2.75) is 44.7 Å². The molecule has 4 aromatic carbocycles. The Balaban J connectivity index is 1.80. The van der Waals surface area contributed by atoms with E-state index in [1.54, 1.807) is 30.3 Å². The van der Waals surface area contributed by atoms with Crippen LogP contribution in [0.3, 0.4) is 0 Å². The summed E-state index contributed by atoms with van der Waals surface area (Å²) in [7, 11) is -2.58. The number of sulfonamides is 1. The Kier molecular flexibility index (Phi) is 9.80. The van der Waals surface area contributed by atoms with Crippen LogP contribution in [-0.2, 0) is 32.6 Å². The SMILES string of the molecule is CNC(=O)C(Cc1ccccc1)N(Cc1cccc(C)c1)C(=O)CN(c1ccc(C)c(C)c1)S(=O)(=O)c1ccccc1. The number of rotatable bonds is 11. The molecule has 1 atom stereocenters. The molecule has 0 fully saturated rings. The Bertz CT molecular complexity index is 1640. The lowest BCUT2D eigenvalue weighted by Gasteiger charge is -2.33. The normalized spacial score (nSPS) is 11.9. The maximum atomic E-state index is 14.3. The maximum Gasteiger partial charge on any atom is 0.264 e. The quantitative estimate of drug-likeness (QED) is 0.263. The number of nitrogens with zero attached hydrogens (tertiary/aromatic N) is 2. The largest absolute Gasteiger partial charge is 0.357 e. The number of nitrogens with one attached hydrogen (secondary N) is 1. The number of aryl methyl sites for hydroxylation is 3. The van der Waals surface area contributed by atoms with Crippen LogP contribution in [0.4, 0.5) is 5.69 Å². The number of hydrogen-bond donors (Lipinski definition) is 1. The molecular formula is C34H37N3O4S. The van der Waals surface area contributed by atoms with Crippen LogP contribution in [0.1, 0.15) is 27.8 Å². The second-order valence-electron chi connectivity index (χ2n) is 10.4. The highest BCUT2D eigenvalue weighted by Crippen LogP contribution is 2.27. The molecule has 1 unspecified atom stereocenters. The van der Waals surface area contributed by atoms with E-state index in [0.29, 0.717) is 5.69 Å². The van der Waals surface area contributed by atoms with E-state index in [4.69, 9.17) is 0 Å². The summed E-state index contributed by atoms with van der Waals surface area (Å²) in [5, 5.41) is 2.71. The van der Waals surface area contributed by atoms with E-state index >= 15 is 0 Å². The Labute approximate surface area is 248 Å². The van der Waals surface area contributed by atoms with Crippen molar-refractivity contribution in [1.29, 1.82) is 0 Å². The van der Waals surface area contributed by atoms with E-state index in [1.807, 2.05) is 81.4 Å². The van der Waals surface area contributed by atoms with Gasteiger partial charge in [0, 0.05) is 20.0 Å². The Morgan fingerprint density at radius 1 is 0.762 bits per heavy atom. The lowest BCUT2D eigenvalue weighted by Crippen LogP contribution is -2.53. The fourth-order valence-electron chi connectivity index (χ4n) is 4.86. The minimum absolute atomic E-state index is 0.0772. The van der Waals surface area contributed by atoms with Crippen LogP contribution in [-0.4, -0.2) is 44.8 Å². The first kappa shape index (κ1) is 30.5. The van der Waals surface area contributed by atoms with Crippen molar-refractivity contribution in [1.82, 2.24) is 10.2 Å². The summed E-state index contributed by atoms with van der Waals surface area (Å²) in [6.07, 6.45) is 0.271. The highest BCUT2D eigenvalue weighted by molar-refractivity contribution is 7.92. The van der Waals surface area contributed by atoms with Crippen LogP contribution in [0.15, 0.2) is 108 Å². The number of amides is 2. The summed E-state index contributed by atoms with van der Waals surface area (Å²) in [6.45, 7) is 5.47. The van der Waals surface area contributed by atoms with Crippen LogP contribution in [0.25, 0.3) is 0 Å². The van der Waals surface area contributed by atoms with Gasteiger partial charge in [-0.1, -0.05) is 84.4 Å². The van der Waals surface area contributed by atoms with Crippen LogP contribution in [0.2, 0.25) is 0 Å². The zero-order valence-corrected chi connectivity index (χ0v) is 25.3. The van der Waals surface area contributed by atoms with Gasteiger partial charge in [0.2, 0.25) is 11.8 Å². The predicted molar refractivity (Wildman–Crippen MR) is 167 cm³/mol. The number of anilines is 1. The van der Waals surface area contributed by atoms with E-state index < -0.39 is 28.5 Å². The molecule has 0 spiro atoms. The molecule has 0 aliphatic heterocycles. The van der Waals surface area contributed by atoms with E-state index in [1.165, 1.54) is 24.1 Å². The molecule has 2 amide bonds. The molecule has 1 N–H and O–H groups in total. The van der Waals surface area contributed by atoms with Crippen LogP contribution >= 0.6 is 0 Å². The van der Waals surface area contributed by atoms with Gasteiger partial charge in [0.25, 0.3) is 10.0 Å². The van der Waals surface area contributed by atoms with Gasteiger partial charge < -0.3 is 10.2 Å². The number of benzene rings is 4. The molecule has 7 nitrogen and oxygen atoms in total. The molecule has 0 aliphatic rings. The van der Waals surface area contributed by atoms with Crippen molar-refractivity contribution >= 4 is 27.5 Å². The van der Waals surface area contributed by atoms with Crippen LogP contribution in [0, 0.1) is 20.8 Å². The fourth-order valence-corrected chi connectivity index (χ4v) is 6.28. The summed E-state index contributed by atoms with van der Waals surface area (Å²) < 4.78 is 29.2. The van der Waals surface area contributed by atoms with Gasteiger partial charge in [-0.05, 0) is 67.3 Å². The lowest BCUT2D eigenvalue weighted by molar-refractivity contribution is -0.139. The first-order valence-corrected chi connectivity index (χ1v) is 15.3. The average Bonchev–Trinajstić information content (AvgIpc) is 2.99. The van der Waals surface area contributed by atoms with E-state index in [-0.39, 0.29) is 23.8 Å². The van der Waals surface area contributed by atoms with Crippen molar-refractivity contribution in [3.8, 4) is 0 Å².